The molecule has 0 bridgehead atoms. The van der Waals surface area contributed by atoms with Crippen LogP contribution in [0.2, 0.25) is 0 Å². The number of benzene rings is 1. The Hall–Kier alpha value is -1.33. The van der Waals surface area contributed by atoms with Gasteiger partial charge in [0.1, 0.15) is 0 Å². The van der Waals surface area contributed by atoms with Gasteiger partial charge in [-0.2, -0.15) is 5.26 Å². The van der Waals surface area contributed by atoms with Crippen LogP contribution in [-0.4, -0.2) is 18.0 Å². The lowest BCUT2D eigenvalue weighted by molar-refractivity contribution is 0.294. The summed E-state index contributed by atoms with van der Waals surface area (Å²) in [6.45, 7) is 4.95. The second-order valence-corrected chi connectivity index (χ2v) is 4.29. The van der Waals surface area contributed by atoms with Crippen molar-refractivity contribution in [1.82, 2.24) is 4.90 Å². The van der Waals surface area contributed by atoms with Gasteiger partial charge in [0.2, 0.25) is 0 Å². The number of nitriles is 1. The third kappa shape index (κ3) is 3.67. The molecule has 0 aliphatic carbocycles. The largest absolute Gasteiger partial charge is 0.287 e. The van der Waals surface area contributed by atoms with Gasteiger partial charge >= 0.3 is 0 Å². The van der Waals surface area contributed by atoms with Crippen molar-refractivity contribution in [2.45, 2.75) is 39.3 Å². The van der Waals surface area contributed by atoms with Crippen LogP contribution in [0.3, 0.4) is 0 Å². The summed E-state index contributed by atoms with van der Waals surface area (Å²) in [7, 11) is 1.98. The van der Waals surface area contributed by atoms with Gasteiger partial charge in [0.25, 0.3) is 0 Å². The van der Waals surface area contributed by atoms with Gasteiger partial charge in [0, 0.05) is 6.54 Å². The van der Waals surface area contributed by atoms with Crippen molar-refractivity contribution >= 4 is 0 Å². The first-order valence-corrected chi connectivity index (χ1v) is 5.85. The first-order valence-electron chi connectivity index (χ1n) is 5.85. The van der Waals surface area contributed by atoms with E-state index in [0.29, 0.717) is 0 Å². The van der Waals surface area contributed by atoms with Crippen molar-refractivity contribution in [3.63, 3.8) is 0 Å². The Balaban J connectivity index is 2.58. The molecule has 1 aromatic rings. The van der Waals surface area contributed by atoms with Gasteiger partial charge in [-0.1, -0.05) is 37.6 Å². The van der Waals surface area contributed by atoms with Gasteiger partial charge in [0.15, 0.2) is 0 Å². The Bertz CT molecular complexity index is 348. The molecular formula is C14H20N2. The first-order chi connectivity index (χ1) is 7.67. The molecule has 0 saturated carbocycles. The van der Waals surface area contributed by atoms with E-state index in [1.165, 1.54) is 17.5 Å². The van der Waals surface area contributed by atoms with Crippen molar-refractivity contribution in [2.75, 3.05) is 7.05 Å². The lowest BCUT2D eigenvalue weighted by Crippen LogP contribution is -2.26. The van der Waals surface area contributed by atoms with Crippen molar-refractivity contribution in [3.05, 3.63) is 35.4 Å². The summed E-state index contributed by atoms with van der Waals surface area (Å²) >= 11 is 0. The van der Waals surface area contributed by atoms with Gasteiger partial charge in [-0.05, 0) is 31.5 Å². The van der Waals surface area contributed by atoms with Crippen LogP contribution in [0.1, 0.15) is 31.4 Å². The van der Waals surface area contributed by atoms with Crippen LogP contribution in [0.4, 0.5) is 0 Å². The zero-order valence-electron chi connectivity index (χ0n) is 10.4. The molecule has 0 spiro atoms. The summed E-state index contributed by atoms with van der Waals surface area (Å²) in [6, 6.07) is 10.9. The van der Waals surface area contributed by atoms with Crippen LogP contribution in [0.5, 0.6) is 0 Å². The number of hydrogen-bond acceptors (Lipinski definition) is 2. The Morgan fingerprint density at radius 1 is 1.25 bits per heavy atom. The molecule has 0 aliphatic heterocycles. The third-order valence-corrected chi connectivity index (χ3v) is 2.84. The minimum atomic E-state index is -0.0321. The van der Waals surface area contributed by atoms with E-state index in [9.17, 15) is 0 Å². The molecule has 0 aliphatic rings. The van der Waals surface area contributed by atoms with Crippen molar-refractivity contribution in [2.24, 2.45) is 0 Å². The molecule has 0 heterocycles. The van der Waals surface area contributed by atoms with Crippen LogP contribution >= 0.6 is 0 Å². The molecule has 1 unspecified atom stereocenters. The summed E-state index contributed by atoms with van der Waals surface area (Å²) in [5.74, 6) is 0. The smallest absolute Gasteiger partial charge is 0.0949 e. The van der Waals surface area contributed by atoms with Gasteiger partial charge in [-0.15, -0.1) is 0 Å². The second kappa shape index (κ2) is 6.30. The lowest BCUT2D eigenvalue weighted by Gasteiger charge is -2.18. The molecule has 86 valence electrons. The molecule has 0 N–H and O–H groups in total. The molecule has 0 amide bonds. The average Bonchev–Trinajstić information content (AvgIpc) is 2.31. The van der Waals surface area contributed by atoms with Crippen LogP contribution in [-0.2, 0) is 13.0 Å². The monoisotopic (exact) mass is 216 g/mol. The number of rotatable bonds is 5. The van der Waals surface area contributed by atoms with Gasteiger partial charge < -0.3 is 0 Å². The van der Waals surface area contributed by atoms with Gasteiger partial charge in [-0.25, -0.2) is 0 Å². The fourth-order valence-electron chi connectivity index (χ4n) is 1.62. The fourth-order valence-corrected chi connectivity index (χ4v) is 1.62. The Morgan fingerprint density at radius 2 is 1.81 bits per heavy atom. The quantitative estimate of drug-likeness (QED) is 0.756. The Morgan fingerprint density at radius 3 is 2.31 bits per heavy atom. The normalized spacial score (nSPS) is 12.4. The number of aryl methyl sites for hydroxylation is 1. The third-order valence-electron chi connectivity index (χ3n) is 2.84. The summed E-state index contributed by atoms with van der Waals surface area (Å²) in [4.78, 5) is 2.05. The van der Waals surface area contributed by atoms with E-state index in [4.69, 9.17) is 5.26 Å². The standard InChI is InChI=1S/C14H20N2/c1-4-5-13-6-8-14(9-7-13)11-16(3)12(2)10-15/h6-9,12H,4-5,11H2,1-3H3. The molecule has 0 saturated heterocycles. The van der Waals surface area contributed by atoms with Crippen molar-refractivity contribution < 1.29 is 0 Å². The molecule has 0 fully saturated rings. The highest BCUT2D eigenvalue weighted by molar-refractivity contribution is 5.22. The summed E-state index contributed by atoms with van der Waals surface area (Å²) in [6.07, 6.45) is 2.33. The summed E-state index contributed by atoms with van der Waals surface area (Å²) in [5, 5.41) is 8.81. The predicted molar refractivity (Wildman–Crippen MR) is 67.0 cm³/mol. The summed E-state index contributed by atoms with van der Waals surface area (Å²) < 4.78 is 0. The highest BCUT2D eigenvalue weighted by Gasteiger charge is 2.07. The average molecular weight is 216 g/mol. The SMILES string of the molecule is CCCc1ccc(CN(C)C(C)C#N)cc1. The second-order valence-electron chi connectivity index (χ2n) is 4.29. The Kier molecular flexibility index (Phi) is 5.01. The zero-order chi connectivity index (χ0) is 12.0. The van der Waals surface area contributed by atoms with E-state index >= 15 is 0 Å². The first kappa shape index (κ1) is 12.7. The molecule has 1 atom stereocenters. The fraction of sp³-hybridized carbons (Fsp3) is 0.500. The highest BCUT2D eigenvalue weighted by atomic mass is 15.1. The molecular weight excluding hydrogens is 196 g/mol. The maximum absolute atomic E-state index is 8.81. The maximum atomic E-state index is 8.81. The number of hydrogen-bond donors (Lipinski definition) is 0. The molecule has 2 nitrogen and oxygen atoms in total. The molecule has 16 heavy (non-hydrogen) atoms. The molecule has 1 rings (SSSR count). The minimum Gasteiger partial charge on any atom is -0.287 e. The molecule has 0 aromatic heterocycles. The number of nitrogens with zero attached hydrogens (tertiary/aromatic N) is 2. The molecule has 0 radical (unpaired) electrons. The summed E-state index contributed by atoms with van der Waals surface area (Å²) in [5.41, 5.74) is 2.66. The minimum absolute atomic E-state index is 0.0321. The van der Waals surface area contributed by atoms with Gasteiger partial charge in [-0.3, -0.25) is 4.90 Å². The van der Waals surface area contributed by atoms with Crippen LogP contribution in [0, 0.1) is 11.3 Å². The molecule has 2 heteroatoms. The lowest BCUT2D eigenvalue weighted by atomic mass is 10.1. The van der Waals surface area contributed by atoms with Crippen LogP contribution < -0.4 is 0 Å². The van der Waals surface area contributed by atoms with Crippen molar-refractivity contribution in [1.29, 1.82) is 5.26 Å². The van der Waals surface area contributed by atoms with E-state index in [2.05, 4.69) is 42.2 Å². The molecule has 1 aromatic carbocycles. The highest BCUT2D eigenvalue weighted by Crippen LogP contribution is 2.09. The maximum Gasteiger partial charge on any atom is 0.0949 e. The van der Waals surface area contributed by atoms with Gasteiger partial charge in [0.05, 0.1) is 12.1 Å². The zero-order valence-corrected chi connectivity index (χ0v) is 10.4. The van der Waals surface area contributed by atoms with Crippen LogP contribution in [0.15, 0.2) is 24.3 Å². The van der Waals surface area contributed by atoms with E-state index in [1.807, 2.05) is 14.0 Å². The van der Waals surface area contributed by atoms with Crippen LogP contribution in [0.25, 0.3) is 0 Å². The van der Waals surface area contributed by atoms with E-state index in [0.717, 1.165) is 13.0 Å². The van der Waals surface area contributed by atoms with Crippen molar-refractivity contribution in [3.8, 4) is 6.07 Å². The van der Waals surface area contributed by atoms with E-state index in [1.54, 1.807) is 0 Å². The van der Waals surface area contributed by atoms with E-state index in [-0.39, 0.29) is 6.04 Å². The van der Waals surface area contributed by atoms with E-state index < -0.39 is 0 Å². The Labute approximate surface area is 98.5 Å². The predicted octanol–water partition coefficient (Wildman–Crippen LogP) is 2.98. The topological polar surface area (TPSA) is 27.0 Å².